The molecule has 2 rings (SSSR count). The summed E-state index contributed by atoms with van der Waals surface area (Å²) in [7, 11) is 0. The second-order valence-corrected chi connectivity index (χ2v) is 3.60. The average molecular weight is 232 g/mol. The second kappa shape index (κ2) is 5.31. The van der Waals surface area contributed by atoms with Crippen molar-refractivity contribution in [3.05, 3.63) is 11.4 Å². The Morgan fingerprint density at radius 1 is 1.50 bits per heavy atom. The Morgan fingerprint density at radius 3 is 3.19 bits per heavy atom. The molecule has 1 aromatic rings. The summed E-state index contributed by atoms with van der Waals surface area (Å²) in [6, 6.07) is 0. The van der Waals surface area contributed by atoms with Crippen LogP contribution in [0.15, 0.2) is 0 Å². The van der Waals surface area contributed by atoms with E-state index in [2.05, 4.69) is 15.6 Å². The molecule has 90 valence electrons. The molecule has 0 bridgehead atoms. The van der Waals surface area contributed by atoms with Gasteiger partial charge in [-0.25, -0.2) is 13.5 Å². The number of alkyl halides is 2. The predicted molar refractivity (Wildman–Crippen MR) is 52.3 cm³/mol. The third kappa shape index (κ3) is 2.73. The maximum absolute atomic E-state index is 11.8. The zero-order valence-corrected chi connectivity index (χ0v) is 8.83. The van der Waals surface area contributed by atoms with Crippen LogP contribution in [0.2, 0.25) is 0 Å². The van der Waals surface area contributed by atoms with Crippen LogP contribution in [0.25, 0.3) is 0 Å². The Morgan fingerprint density at radius 2 is 2.38 bits per heavy atom. The van der Waals surface area contributed by atoms with E-state index in [1.165, 1.54) is 0 Å². The smallest absolute Gasteiger partial charge is 0.261 e. The van der Waals surface area contributed by atoms with E-state index in [1.807, 2.05) is 0 Å². The van der Waals surface area contributed by atoms with Gasteiger partial charge in [-0.05, 0) is 0 Å². The van der Waals surface area contributed by atoms with E-state index in [0.29, 0.717) is 6.54 Å². The molecule has 0 saturated carbocycles. The number of hydrogen-bond donors (Lipinski definition) is 1. The lowest BCUT2D eigenvalue weighted by Crippen LogP contribution is -2.25. The normalized spacial score (nSPS) is 15.4. The number of fused-ring (bicyclic) bond motifs is 1. The number of nitrogens with one attached hydrogen (secondary N) is 1. The van der Waals surface area contributed by atoms with Crippen LogP contribution in [-0.4, -0.2) is 41.2 Å². The summed E-state index contributed by atoms with van der Waals surface area (Å²) in [5.41, 5.74) is 2.03. The molecule has 5 nitrogen and oxygen atoms in total. The Bertz CT molecular complexity index is 342. The number of aromatic nitrogens is 3. The van der Waals surface area contributed by atoms with Crippen molar-refractivity contribution in [2.24, 2.45) is 0 Å². The van der Waals surface area contributed by atoms with Gasteiger partial charge in [0.2, 0.25) is 0 Å². The summed E-state index contributed by atoms with van der Waals surface area (Å²) in [4.78, 5) is 0. The van der Waals surface area contributed by atoms with Gasteiger partial charge < -0.3 is 10.1 Å². The summed E-state index contributed by atoms with van der Waals surface area (Å²) in [6.07, 6.45) is -1.54. The van der Waals surface area contributed by atoms with Crippen LogP contribution in [0.1, 0.15) is 11.4 Å². The summed E-state index contributed by atoms with van der Waals surface area (Å²) < 4.78 is 30.2. The average Bonchev–Trinajstić information content (AvgIpc) is 2.68. The highest BCUT2D eigenvalue weighted by Crippen LogP contribution is 2.09. The van der Waals surface area contributed by atoms with Gasteiger partial charge in [-0.2, -0.15) is 0 Å². The van der Waals surface area contributed by atoms with E-state index >= 15 is 0 Å². The van der Waals surface area contributed by atoms with E-state index in [4.69, 9.17) is 4.74 Å². The molecule has 0 aliphatic carbocycles. The van der Waals surface area contributed by atoms with E-state index in [9.17, 15) is 8.78 Å². The first-order valence-electron chi connectivity index (χ1n) is 5.25. The van der Waals surface area contributed by atoms with Gasteiger partial charge in [0.05, 0.1) is 24.5 Å². The largest absolute Gasteiger partial charge is 0.374 e. The molecule has 0 aromatic carbocycles. The van der Waals surface area contributed by atoms with Crippen molar-refractivity contribution in [3.8, 4) is 0 Å². The fraction of sp³-hybridized carbons (Fsp3) is 0.778. The molecule has 0 unspecified atom stereocenters. The van der Waals surface area contributed by atoms with E-state index < -0.39 is 13.0 Å². The van der Waals surface area contributed by atoms with E-state index in [0.717, 1.165) is 30.9 Å². The van der Waals surface area contributed by atoms with Crippen LogP contribution < -0.4 is 5.32 Å². The third-order valence-corrected chi connectivity index (χ3v) is 2.44. The zero-order chi connectivity index (χ0) is 11.4. The predicted octanol–water partition coefficient (Wildman–Crippen LogP) is 0.205. The molecular weight excluding hydrogens is 218 g/mol. The van der Waals surface area contributed by atoms with Crippen molar-refractivity contribution in [1.82, 2.24) is 20.3 Å². The van der Waals surface area contributed by atoms with Crippen LogP contribution >= 0.6 is 0 Å². The molecule has 0 fully saturated rings. The maximum Gasteiger partial charge on any atom is 0.261 e. The fourth-order valence-electron chi connectivity index (χ4n) is 1.70. The minimum atomic E-state index is -2.41. The molecule has 0 radical (unpaired) electrons. The Hall–Kier alpha value is -1.08. The van der Waals surface area contributed by atoms with Crippen LogP contribution in [-0.2, 0) is 24.2 Å². The highest BCUT2D eigenvalue weighted by molar-refractivity contribution is 5.13. The van der Waals surface area contributed by atoms with Crippen molar-refractivity contribution in [2.45, 2.75) is 25.9 Å². The molecule has 16 heavy (non-hydrogen) atoms. The van der Waals surface area contributed by atoms with Gasteiger partial charge >= 0.3 is 0 Å². The van der Waals surface area contributed by atoms with Gasteiger partial charge in [0.15, 0.2) is 0 Å². The van der Waals surface area contributed by atoms with Crippen molar-refractivity contribution in [3.63, 3.8) is 0 Å². The molecule has 0 atom stereocenters. The molecule has 0 saturated heterocycles. The molecule has 1 aliphatic heterocycles. The first-order chi connectivity index (χ1) is 7.77. The van der Waals surface area contributed by atoms with Gasteiger partial charge in [0.1, 0.15) is 6.61 Å². The number of hydrogen-bond acceptors (Lipinski definition) is 4. The summed E-state index contributed by atoms with van der Waals surface area (Å²) in [5.74, 6) is 0. The first kappa shape index (κ1) is 11.4. The first-order valence-corrected chi connectivity index (χ1v) is 5.25. The molecule has 0 spiro atoms. The summed E-state index contributed by atoms with van der Waals surface area (Å²) in [5, 5.41) is 11.2. The fourth-order valence-corrected chi connectivity index (χ4v) is 1.70. The van der Waals surface area contributed by atoms with Crippen LogP contribution in [0, 0.1) is 0 Å². The van der Waals surface area contributed by atoms with Gasteiger partial charge in [0.25, 0.3) is 6.43 Å². The van der Waals surface area contributed by atoms with Crippen LogP contribution in [0.5, 0.6) is 0 Å². The summed E-state index contributed by atoms with van der Waals surface area (Å²) >= 11 is 0. The number of nitrogens with zero attached hydrogens (tertiary/aromatic N) is 3. The van der Waals surface area contributed by atoms with Gasteiger partial charge in [-0.1, -0.05) is 5.21 Å². The number of halogens is 2. The maximum atomic E-state index is 11.8. The topological polar surface area (TPSA) is 52.0 Å². The minimum Gasteiger partial charge on any atom is -0.374 e. The van der Waals surface area contributed by atoms with Crippen LogP contribution in [0.4, 0.5) is 8.78 Å². The van der Waals surface area contributed by atoms with Crippen molar-refractivity contribution < 1.29 is 13.5 Å². The molecule has 1 aromatic heterocycles. The quantitative estimate of drug-likeness (QED) is 0.737. The highest BCUT2D eigenvalue weighted by Gasteiger charge is 2.15. The Kier molecular flexibility index (Phi) is 3.79. The van der Waals surface area contributed by atoms with Crippen LogP contribution in [0.3, 0.4) is 0 Å². The zero-order valence-electron chi connectivity index (χ0n) is 8.83. The SMILES string of the molecule is FC(F)COCCn1nnc2c1CCNC2. The van der Waals surface area contributed by atoms with Gasteiger partial charge in [-0.15, -0.1) is 5.10 Å². The molecular formula is C9H14F2N4O. The lowest BCUT2D eigenvalue weighted by Gasteiger charge is -2.13. The Labute approximate surface area is 91.8 Å². The molecule has 7 heteroatoms. The lowest BCUT2D eigenvalue weighted by molar-refractivity contribution is 0.0137. The molecule has 1 N–H and O–H groups in total. The van der Waals surface area contributed by atoms with Crippen molar-refractivity contribution in [1.29, 1.82) is 0 Å². The summed E-state index contributed by atoms with van der Waals surface area (Å²) in [6.45, 7) is 1.84. The minimum absolute atomic E-state index is 0.244. The molecule has 2 heterocycles. The highest BCUT2D eigenvalue weighted by atomic mass is 19.3. The number of ether oxygens (including phenoxy) is 1. The molecule has 1 aliphatic rings. The van der Waals surface area contributed by atoms with E-state index in [1.54, 1.807) is 4.68 Å². The standard InChI is InChI=1S/C9H14F2N4O/c10-9(11)6-16-4-3-15-8-1-2-12-5-7(8)13-14-15/h9,12H,1-6H2. The second-order valence-electron chi connectivity index (χ2n) is 3.60. The monoisotopic (exact) mass is 232 g/mol. The number of rotatable bonds is 5. The Balaban J connectivity index is 1.83. The lowest BCUT2D eigenvalue weighted by atomic mass is 10.2. The third-order valence-electron chi connectivity index (χ3n) is 2.44. The van der Waals surface area contributed by atoms with Crippen molar-refractivity contribution in [2.75, 3.05) is 19.8 Å². The van der Waals surface area contributed by atoms with Crippen molar-refractivity contribution >= 4 is 0 Å². The van der Waals surface area contributed by atoms with E-state index in [-0.39, 0.29) is 6.61 Å². The molecule has 0 amide bonds. The van der Waals surface area contributed by atoms with Gasteiger partial charge in [0, 0.05) is 19.5 Å². The van der Waals surface area contributed by atoms with Gasteiger partial charge in [-0.3, -0.25) is 0 Å².